The summed E-state index contributed by atoms with van der Waals surface area (Å²) in [6, 6.07) is 0.549. The third-order valence-electron chi connectivity index (χ3n) is 4.10. The van der Waals surface area contributed by atoms with E-state index in [-0.39, 0.29) is 6.29 Å². The van der Waals surface area contributed by atoms with Crippen LogP contribution in [-0.4, -0.2) is 33.1 Å². The van der Waals surface area contributed by atoms with Gasteiger partial charge < -0.3 is 14.8 Å². The summed E-state index contributed by atoms with van der Waals surface area (Å²) in [6.45, 7) is 3.05. The molecule has 2 rings (SSSR count). The summed E-state index contributed by atoms with van der Waals surface area (Å²) in [5.74, 6) is 2.44. The Kier molecular flexibility index (Phi) is 4.00. The maximum Gasteiger partial charge on any atom is 0.169 e. The average Bonchev–Trinajstić information content (AvgIpc) is 2.91. The van der Waals surface area contributed by atoms with Gasteiger partial charge >= 0.3 is 0 Å². The van der Waals surface area contributed by atoms with Crippen LogP contribution in [0.3, 0.4) is 0 Å². The van der Waals surface area contributed by atoms with Crippen LogP contribution in [0, 0.1) is 17.8 Å². The van der Waals surface area contributed by atoms with E-state index in [1.54, 1.807) is 14.2 Å². The molecular weight excluding hydrogens is 202 g/mol. The number of hydrogen-bond acceptors (Lipinski definition) is 3. The quantitative estimate of drug-likeness (QED) is 0.552. The zero-order chi connectivity index (χ0) is 11.5. The Morgan fingerprint density at radius 1 is 1.25 bits per heavy atom. The fraction of sp³-hybridized carbons (Fsp3) is 0.846. The van der Waals surface area contributed by atoms with Gasteiger partial charge in [-0.1, -0.05) is 12.2 Å². The normalized spacial score (nSPS) is 33.9. The van der Waals surface area contributed by atoms with E-state index in [4.69, 9.17) is 9.47 Å². The van der Waals surface area contributed by atoms with Crippen LogP contribution < -0.4 is 5.32 Å². The van der Waals surface area contributed by atoms with Crippen LogP contribution in [-0.2, 0) is 9.47 Å². The highest BCUT2D eigenvalue weighted by molar-refractivity contribution is 5.11. The average molecular weight is 225 g/mol. The summed E-state index contributed by atoms with van der Waals surface area (Å²) in [7, 11) is 3.36. The van der Waals surface area contributed by atoms with Crippen LogP contribution in [0.15, 0.2) is 12.2 Å². The number of nitrogens with one attached hydrogen (secondary N) is 1. The van der Waals surface area contributed by atoms with Crippen LogP contribution in [0.4, 0.5) is 0 Å². The Morgan fingerprint density at radius 2 is 2.00 bits per heavy atom. The molecule has 3 heteroatoms. The maximum atomic E-state index is 5.18. The molecule has 0 radical (unpaired) electrons. The van der Waals surface area contributed by atoms with Crippen molar-refractivity contribution in [2.24, 2.45) is 17.8 Å². The van der Waals surface area contributed by atoms with E-state index in [0.717, 1.165) is 24.3 Å². The second-order valence-electron chi connectivity index (χ2n) is 5.04. The Labute approximate surface area is 98.2 Å². The molecule has 0 heterocycles. The smallest absolute Gasteiger partial charge is 0.169 e. The summed E-state index contributed by atoms with van der Waals surface area (Å²) in [5, 5.41) is 3.53. The lowest BCUT2D eigenvalue weighted by molar-refractivity contribution is -0.100. The highest BCUT2D eigenvalue weighted by Gasteiger charge is 2.38. The fourth-order valence-corrected chi connectivity index (χ4v) is 3.09. The van der Waals surface area contributed by atoms with E-state index in [2.05, 4.69) is 24.4 Å². The zero-order valence-corrected chi connectivity index (χ0v) is 10.5. The maximum absolute atomic E-state index is 5.18. The van der Waals surface area contributed by atoms with Crippen LogP contribution >= 0.6 is 0 Å². The van der Waals surface area contributed by atoms with Crippen LogP contribution in [0.1, 0.15) is 19.8 Å². The molecule has 1 saturated carbocycles. The van der Waals surface area contributed by atoms with Gasteiger partial charge in [0.15, 0.2) is 6.29 Å². The number of allylic oxidation sites excluding steroid dienone is 2. The van der Waals surface area contributed by atoms with Crippen molar-refractivity contribution in [2.75, 3.05) is 20.8 Å². The summed E-state index contributed by atoms with van der Waals surface area (Å²) >= 11 is 0. The molecule has 2 aliphatic carbocycles. The first-order chi connectivity index (χ1) is 7.74. The van der Waals surface area contributed by atoms with Gasteiger partial charge in [0.1, 0.15) is 0 Å². The van der Waals surface area contributed by atoms with E-state index < -0.39 is 0 Å². The van der Waals surface area contributed by atoms with Crippen LogP contribution in [0.5, 0.6) is 0 Å². The standard InChI is InChI=1S/C13H23NO2/c1-9(14-8-13(15-2)16-3)12-7-10-4-5-11(12)6-10/h4-5,9-14H,6-8H2,1-3H3. The second-order valence-corrected chi connectivity index (χ2v) is 5.04. The molecule has 0 saturated heterocycles. The minimum absolute atomic E-state index is 0.128. The number of hydrogen-bond donors (Lipinski definition) is 1. The van der Waals surface area contributed by atoms with Gasteiger partial charge in [0, 0.05) is 26.8 Å². The first-order valence-electron chi connectivity index (χ1n) is 6.22. The number of methoxy groups -OCH3 is 2. The van der Waals surface area contributed by atoms with Crippen molar-refractivity contribution in [1.82, 2.24) is 5.32 Å². The summed E-state index contributed by atoms with van der Waals surface area (Å²) in [6.07, 6.45) is 7.38. The van der Waals surface area contributed by atoms with E-state index >= 15 is 0 Å². The zero-order valence-electron chi connectivity index (χ0n) is 10.5. The van der Waals surface area contributed by atoms with E-state index in [9.17, 15) is 0 Å². The molecule has 2 aliphatic rings. The number of ether oxygens (including phenoxy) is 2. The molecule has 2 bridgehead atoms. The van der Waals surface area contributed by atoms with Gasteiger partial charge in [-0.3, -0.25) is 0 Å². The lowest BCUT2D eigenvalue weighted by Gasteiger charge is -2.27. The summed E-state index contributed by atoms with van der Waals surface area (Å²) < 4.78 is 10.4. The SMILES string of the molecule is COC(CNC(C)C1CC2C=CC1C2)OC. The minimum Gasteiger partial charge on any atom is -0.355 e. The third-order valence-corrected chi connectivity index (χ3v) is 4.10. The lowest BCUT2D eigenvalue weighted by atomic mass is 9.87. The van der Waals surface area contributed by atoms with Crippen molar-refractivity contribution in [3.8, 4) is 0 Å². The molecule has 0 amide bonds. The van der Waals surface area contributed by atoms with Crippen molar-refractivity contribution in [3.05, 3.63) is 12.2 Å². The Morgan fingerprint density at radius 3 is 2.50 bits per heavy atom. The molecule has 1 fully saturated rings. The topological polar surface area (TPSA) is 30.5 Å². The predicted octanol–water partition coefficient (Wildman–Crippen LogP) is 1.80. The largest absolute Gasteiger partial charge is 0.355 e. The molecule has 0 aromatic heterocycles. The van der Waals surface area contributed by atoms with Gasteiger partial charge in [-0.2, -0.15) is 0 Å². The van der Waals surface area contributed by atoms with Crippen molar-refractivity contribution >= 4 is 0 Å². The van der Waals surface area contributed by atoms with Crippen molar-refractivity contribution < 1.29 is 9.47 Å². The van der Waals surface area contributed by atoms with E-state index in [0.29, 0.717) is 6.04 Å². The molecule has 3 nitrogen and oxygen atoms in total. The molecule has 0 aromatic rings. The lowest BCUT2D eigenvalue weighted by Crippen LogP contribution is -2.40. The molecule has 1 N–H and O–H groups in total. The minimum atomic E-state index is -0.128. The van der Waals surface area contributed by atoms with Crippen LogP contribution in [0.2, 0.25) is 0 Å². The first kappa shape index (κ1) is 12.1. The highest BCUT2D eigenvalue weighted by Crippen LogP contribution is 2.44. The molecular formula is C13H23NO2. The molecule has 0 aliphatic heterocycles. The fourth-order valence-electron chi connectivity index (χ4n) is 3.09. The van der Waals surface area contributed by atoms with Gasteiger partial charge in [0.05, 0.1) is 0 Å². The molecule has 4 unspecified atom stereocenters. The monoisotopic (exact) mass is 225 g/mol. The van der Waals surface area contributed by atoms with Crippen molar-refractivity contribution in [1.29, 1.82) is 0 Å². The molecule has 4 atom stereocenters. The Balaban J connectivity index is 1.76. The second kappa shape index (κ2) is 5.30. The van der Waals surface area contributed by atoms with Gasteiger partial charge in [-0.15, -0.1) is 0 Å². The molecule has 16 heavy (non-hydrogen) atoms. The first-order valence-corrected chi connectivity index (χ1v) is 6.22. The van der Waals surface area contributed by atoms with Crippen molar-refractivity contribution in [3.63, 3.8) is 0 Å². The Hall–Kier alpha value is -0.380. The summed E-state index contributed by atoms with van der Waals surface area (Å²) in [5.41, 5.74) is 0. The van der Waals surface area contributed by atoms with Gasteiger partial charge in [0.2, 0.25) is 0 Å². The predicted molar refractivity (Wildman–Crippen MR) is 64.1 cm³/mol. The van der Waals surface area contributed by atoms with E-state index in [1.165, 1.54) is 12.8 Å². The van der Waals surface area contributed by atoms with Gasteiger partial charge in [-0.25, -0.2) is 0 Å². The highest BCUT2D eigenvalue weighted by atomic mass is 16.7. The van der Waals surface area contributed by atoms with Crippen molar-refractivity contribution in [2.45, 2.75) is 32.1 Å². The molecule has 0 aromatic carbocycles. The number of rotatable bonds is 6. The molecule has 92 valence electrons. The van der Waals surface area contributed by atoms with E-state index in [1.807, 2.05) is 0 Å². The van der Waals surface area contributed by atoms with Gasteiger partial charge in [-0.05, 0) is 37.5 Å². The molecule has 0 spiro atoms. The van der Waals surface area contributed by atoms with Crippen LogP contribution in [0.25, 0.3) is 0 Å². The third kappa shape index (κ3) is 2.47. The Bertz CT molecular complexity index is 250. The number of fused-ring (bicyclic) bond motifs is 2. The summed E-state index contributed by atoms with van der Waals surface area (Å²) in [4.78, 5) is 0. The van der Waals surface area contributed by atoms with Gasteiger partial charge in [0.25, 0.3) is 0 Å².